The van der Waals surface area contributed by atoms with Crippen LogP contribution in [0.4, 0.5) is 33.2 Å². The van der Waals surface area contributed by atoms with E-state index in [1.54, 1.807) is 0 Å². The molecule has 0 aliphatic carbocycles. The smallest absolute Gasteiger partial charge is 0.253 e. The molecular formula is C28H32ClFN6O2. The highest BCUT2D eigenvalue weighted by Crippen LogP contribution is 2.40. The highest BCUT2D eigenvalue weighted by atomic mass is 35.5. The average molecular weight is 539 g/mol. The van der Waals surface area contributed by atoms with Gasteiger partial charge in [-0.1, -0.05) is 51.4 Å². The van der Waals surface area contributed by atoms with Crippen molar-refractivity contribution in [1.29, 1.82) is 0 Å². The number of benzene rings is 2. The third-order valence-corrected chi connectivity index (χ3v) is 6.82. The monoisotopic (exact) mass is 538 g/mol. The summed E-state index contributed by atoms with van der Waals surface area (Å²) < 4.78 is 14.8. The summed E-state index contributed by atoms with van der Waals surface area (Å²) in [6, 6.07) is 10.2. The summed E-state index contributed by atoms with van der Waals surface area (Å²) in [5, 5.41) is 8.61. The molecule has 0 saturated heterocycles. The van der Waals surface area contributed by atoms with E-state index in [1.807, 2.05) is 23.1 Å². The van der Waals surface area contributed by atoms with Crippen molar-refractivity contribution in [2.24, 2.45) is 5.92 Å². The third-order valence-electron chi connectivity index (χ3n) is 6.54. The van der Waals surface area contributed by atoms with Crippen molar-refractivity contribution in [1.82, 2.24) is 15.3 Å². The molecule has 0 atom stereocenters. The molecular weight excluding hydrogens is 507 g/mol. The SMILES string of the molecule is CNC(=O)c1cccc(F)c1Nc1nc(N(CC(C)C)c2ccc3c(c2)NC(=O)CCC3(C)C)ncc1Cl. The van der Waals surface area contributed by atoms with Crippen molar-refractivity contribution >= 4 is 52.2 Å². The first-order valence-corrected chi connectivity index (χ1v) is 12.9. The van der Waals surface area contributed by atoms with Crippen LogP contribution < -0.4 is 20.9 Å². The maximum Gasteiger partial charge on any atom is 0.253 e. The second-order valence-electron chi connectivity index (χ2n) is 10.4. The number of hydrogen-bond acceptors (Lipinski definition) is 6. The van der Waals surface area contributed by atoms with Gasteiger partial charge >= 0.3 is 0 Å². The molecule has 1 aromatic heterocycles. The van der Waals surface area contributed by atoms with Crippen molar-refractivity contribution in [3.63, 3.8) is 0 Å². The number of halogens is 2. The lowest BCUT2D eigenvalue weighted by molar-refractivity contribution is -0.116. The predicted octanol–water partition coefficient (Wildman–Crippen LogP) is 6.18. The first kappa shape index (κ1) is 27.3. The molecule has 200 valence electrons. The highest BCUT2D eigenvalue weighted by molar-refractivity contribution is 6.33. The molecule has 1 aliphatic rings. The fourth-order valence-electron chi connectivity index (χ4n) is 4.50. The lowest BCUT2D eigenvalue weighted by Crippen LogP contribution is -2.25. The van der Waals surface area contributed by atoms with E-state index in [0.717, 1.165) is 23.4 Å². The van der Waals surface area contributed by atoms with Crippen molar-refractivity contribution in [3.8, 4) is 0 Å². The van der Waals surface area contributed by atoms with E-state index in [4.69, 9.17) is 11.6 Å². The lowest BCUT2D eigenvalue weighted by atomic mass is 9.80. The molecule has 0 fully saturated rings. The summed E-state index contributed by atoms with van der Waals surface area (Å²) >= 11 is 6.40. The zero-order valence-electron chi connectivity index (χ0n) is 22.2. The van der Waals surface area contributed by atoms with Gasteiger partial charge in [0.05, 0.1) is 17.4 Å². The summed E-state index contributed by atoms with van der Waals surface area (Å²) in [6.45, 7) is 8.98. The van der Waals surface area contributed by atoms with Gasteiger partial charge in [0, 0.05) is 31.4 Å². The number of nitrogens with one attached hydrogen (secondary N) is 3. The van der Waals surface area contributed by atoms with Crippen LogP contribution in [-0.2, 0) is 10.2 Å². The molecule has 2 heterocycles. The molecule has 10 heteroatoms. The summed E-state index contributed by atoms with van der Waals surface area (Å²) in [5.41, 5.74) is 2.54. The topological polar surface area (TPSA) is 99.3 Å². The summed E-state index contributed by atoms with van der Waals surface area (Å²) in [6.07, 6.45) is 2.65. The van der Waals surface area contributed by atoms with Crippen LogP contribution in [0.1, 0.15) is 56.5 Å². The van der Waals surface area contributed by atoms with Gasteiger partial charge in [-0.2, -0.15) is 4.98 Å². The van der Waals surface area contributed by atoms with E-state index in [2.05, 4.69) is 53.6 Å². The molecule has 0 spiro atoms. The Labute approximate surface area is 227 Å². The molecule has 2 amide bonds. The van der Waals surface area contributed by atoms with Crippen LogP contribution in [0.2, 0.25) is 5.02 Å². The maximum absolute atomic E-state index is 14.8. The summed E-state index contributed by atoms with van der Waals surface area (Å²) in [7, 11) is 1.47. The quantitative estimate of drug-likeness (QED) is 0.332. The number of hydrogen-bond donors (Lipinski definition) is 3. The Morgan fingerprint density at radius 3 is 2.74 bits per heavy atom. The normalized spacial score (nSPS) is 14.4. The van der Waals surface area contributed by atoms with E-state index in [0.29, 0.717) is 18.9 Å². The van der Waals surface area contributed by atoms with Crippen LogP contribution in [-0.4, -0.2) is 35.4 Å². The Morgan fingerprint density at radius 1 is 1.26 bits per heavy atom. The molecule has 0 bridgehead atoms. The molecule has 3 N–H and O–H groups in total. The maximum atomic E-state index is 14.8. The van der Waals surface area contributed by atoms with Gasteiger partial charge < -0.3 is 20.9 Å². The van der Waals surface area contributed by atoms with Gasteiger partial charge in [-0.15, -0.1) is 0 Å². The van der Waals surface area contributed by atoms with Crippen LogP contribution in [0.15, 0.2) is 42.6 Å². The van der Waals surface area contributed by atoms with E-state index in [9.17, 15) is 14.0 Å². The van der Waals surface area contributed by atoms with Gasteiger partial charge in [-0.05, 0) is 47.6 Å². The van der Waals surface area contributed by atoms with Crippen LogP contribution in [0.3, 0.4) is 0 Å². The van der Waals surface area contributed by atoms with E-state index < -0.39 is 11.7 Å². The molecule has 38 heavy (non-hydrogen) atoms. The van der Waals surface area contributed by atoms with E-state index >= 15 is 0 Å². The standard InChI is InChI=1S/C28H32ClFN6O2/c1-16(2)15-36(17-9-10-19-22(13-17)33-23(37)11-12-28(19,3)4)27-32-14-20(29)25(35-27)34-24-18(26(38)31-5)7-6-8-21(24)30/h6-10,13-14,16H,11-12,15H2,1-5H3,(H,31,38)(H,33,37)(H,32,34,35). The molecule has 0 radical (unpaired) electrons. The molecule has 2 aromatic carbocycles. The summed E-state index contributed by atoms with van der Waals surface area (Å²) in [4.78, 5) is 35.8. The Morgan fingerprint density at radius 2 is 2.03 bits per heavy atom. The fourth-order valence-corrected chi connectivity index (χ4v) is 4.64. The Bertz CT molecular complexity index is 1380. The highest BCUT2D eigenvalue weighted by Gasteiger charge is 2.29. The second-order valence-corrected chi connectivity index (χ2v) is 10.8. The van der Waals surface area contributed by atoms with Gasteiger partial charge in [-0.3, -0.25) is 9.59 Å². The van der Waals surface area contributed by atoms with E-state index in [-0.39, 0.29) is 39.3 Å². The molecule has 1 aliphatic heterocycles. The number of rotatable bonds is 7. The van der Waals surface area contributed by atoms with Crippen molar-refractivity contribution < 1.29 is 14.0 Å². The Balaban J connectivity index is 1.77. The number of nitrogens with zero attached hydrogens (tertiary/aromatic N) is 3. The average Bonchev–Trinajstić information content (AvgIpc) is 2.99. The zero-order chi connectivity index (χ0) is 27.6. The van der Waals surface area contributed by atoms with Crippen LogP contribution in [0.25, 0.3) is 0 Å². The number of aromatic nitrogens is 2. The minimum absolute atomic E-state index is 0.0181. The number of para-hydroxylation sites is 1. The first-order valence-electron chi connectivity index (χ1n) is 12.5. The van der Waals surface area contributed by atoms with E-state index in [1.165, 1.54) is 31.4 Å². The number of carbonyl (C=O) groups excluding carboxylic acids is 2. The second kappa shape index (κ2) is 10.9. The van der Waals surface area contributed by atoms with Crippen molar-refractivity contribution in [2.45, 2.75) is 46.0 Å². The van der Waals surface area contributed by atoms with Crippen LogP contribution in [0.5, 0.6) is 0 Å². The number of amides is 2. The van der Waals surface area contributed by atoms with Crippen LogP contribution in [0, 0.1) is 11.7 Å². The molecule has 8 nitrogen and oxygen atoms in total. The fraction of sp³-hybridized carbons (Fsp3) is 0.357. The van der Waals surface area contributed by atoms with Crippen molar-refractivity contribution in [3.05, 3.63) is 64.6 Å². The van der Waals surface area contributed by atoms with Crippen LogP contribution >= 0.6 is 11.6 Å². The molecule has 4 rings (SSSR count). The number of carbonyl (C=O) groups is 2. The van der Waals surface area contributed by atoms with Gasteiger partial charge in [0.25, 0.3) is 5.91 Å². The van der Waals surface area contributed by atoms with Gasteiger partial charge in [0.1, 0.15) is 10.8 Å². The number of fused-ring (bicyclic) bond motifs is 1. The lowest BCUT2D eigenvalue weighted by Gasteiger charge is -2.28. The molecule has 0 saturated carbocycles. The minimum atomic E-state index is -0.620. The van der Waals surface area contributed by atoms with Gasteiger partial charge in [0.15, 0.2) is 5.82 Å². The van der Waals surface area contributed by atoms with Gasteiger partial charge in [-0.25, -0.2) is 9.37 Å². The van der Waals surface area contributed by atoms with Crippen molar-refractivity contribution in [2.75, 3.05) is 29.1 Å². The Kier molecular flexibility index (Phi) is 7.87. The Hall–Kier alpha value is -3.72. The van der Waals surface area contributed by atoms with Gasteiger partial charge in [0.2, 0.25) is 11.9 Å². The molecule has 3 aromatic rings. The largest absolute Gasteiger partial charge is 0.355 e. The zero-order valence-corrected chi connectivity index (χ0v) is 22.9. The molecule has 0 unspecified atom stereocenters. The predicted molar refractivity (Wildman–Crippen MR) is 149 cm³/mol. The number of anilines is 5. The third kappa shape index (κ3) is 5.72. The summed E-state index contributed by atoms with van der Waals surface area (Å²) in [5.74, 6) is -0.357. The minimum Gasteiger partial charge on any atom is -0.355 e. The first-order chi connectivity index (χ1) is 18.0.